The average molecular weight is 354 g/mol. The second-order valence-corrected chi connectivity index (χ2v) is 4.58. The summed E-state index contributed by atoms with van der Waals surface area (Å²) in [6.45, 7) is 2.58. The summed E-state index contributed by atoms with van der Waals surface area (Å²) < 4.78 is 5.38. The van der Waals surface area contributed by atoms with Crippen molar-refractivity contribution in [3.05, 3.63) is 35.9 Å². The fourth-order valence-corrected chi connectivity index (χ4v) is 2.11. The van der Waals surface area contributed by atoms with Crippen LogP contribution in [0.3, 0.4) is 0 Å². The first kappa shape index (κ1) is 16.7. The second kappa shape index (κ2) is 7.42. The van der Waals surface area contributed by atoms with Crippen LogP contribution in [0.4, 0.5) is 0 Å². The molecule has 5 heteroatoms. The molecule has 1 aliphatic rings. The van der Waals surface area contributed by atoms with Gasteiger partial charge >= 0.3 is 0 Å². The molecule has 0 aliphatic carbocycles. The van der Waals surface area contributed by atoms with Crippen molar-refractivity contribution >= 4 is 23.2 Å². The molecule has 1 unspecified atom stereocenters. The number of hydrogen-bond acceptors (Lipinski definition) is 2. The Morgan fingerprint density at radius 3 is 2.63 bits per heavy atom. The van der Waals surface area contributed by atoms with Crippen molar-refractivity contribution in [2.75, 3.05) is 13.7 Å². The van der Waals surface area contributed by atoms with Crippen LogP contribution >= 0.6 is 11.6 Å². The number of benzene rings is 1. The van der Waals surface area contributed by atoms with Crippen LogP contribution in [-0.2, 0) is 37.5 Å². The zero-order valence-electron chi connectivity index (χ0n) is 11.0. The Morgan fingerprint density at radius 2 is 2.05 bits per heavy atom. The molecule has 0 spiro atoms. The van der Waals surface area contributed by atoms with Gasteiger partial charge in [0, 0.05) is 39.8 Å². The minimum Gasteiger partial charge on any atom is -0.494 e. The molecule has 19 heavy (non-hydrogen) atoms. The first-order valence-corrected chi connectivity index (χ1v) is 6.32. The summed E-state index contributed by atoms with van der Waals surface area (Å²) in [5.74, 6) is 0.737. The number of nitrogens with zero attached hydrogens (tertiary/aromatic N) is 1. The van der Waals surface area contributed by atoms with Crippen molar-refractivity contribution in [1.82, 2.24) is 4.90 Å². The largest absolute Gasteiger partial charge is 0.494 e. The van der Waals surface area contributed by atoms with E-state index in [9.17, 15) is 4.79 Å². The minimum absolute atomic E-state index is 0. The van der Waals surface area contributed by atoms with E-state index in [1.807, 2.05) is 31.2 Å². The summed E-state index contributed by atoms with van der Waals surface area (Å²) in [6, 6.07) is 7.62. The maximum atomic E-state index is 11.8. The predicted molar refractivity (Wildman–Crippen MR) is 71.3 cm³/mol. The molecular weight excluding hydrogens is 339 g/mol. The number of carbonyl (C=O) groups excluding carboxylic acids is 1. The van der Waals surface area contributed by atoms with E-state index in [1.54, 1.807) is 11.9 Å². The second-order valence-electron chi connectivity index (χ2n) is 4.05. The quantitative estimate of drug-likeness (QED) is 0.618. The molecule has 1 amide bonds. The predicted octanol–water partition coefficient (Wildman–Crippen LogP) is 2.70. The molecule has 1 aliphatic heterocycles. The standard InChI is InChI=1S/C14H15ClNO2.Y/c1-3-18-11-6-4-10(5-7-11)13-9-8-12(15)14(17)16(13)2;/h4-7,12H,3,8H2,1-2H3;/q-1;. The summed E-state index contributed by atoms with van der Waals surface area (Å²) in [6.07, 6.45) is 3.62. The molecule has 0 saturated heterocycles. The van der Waals surface area contributed by atoms with Crippen LogP contribution in [0.5, 0.6) is 5.75 Å². The molecule has 99 valence electrons. The van der Waals surface area contributed by atoms with Gasteiger partial charge in [-0.2, -0.15) is 5.56 Å². The van der Waals surface area contributed by atoms with E-state index in [0.29, 0.717) is 13.0 Å². The van der Waals surface area contributed by atoms with Crippen molar-refractivity contribution in [3.8, 4) is 5.75 Å². The molecular formula is C14H15ClNO2Y-. The van der Waals surface area contributed by atoms with E-state index in [4.69, 9.17) is 16.3 Å². The number of hydrogen-bond donors (Lipinski definition) is 0. The molecule has 3 nitrogen and oxygen atoms in total. The van der Waals surface area contributed by atoms with Crippen LogP contribution in [0.25, 0.3) is 5.70 Å². The Morgan fingerprint density at radius 1 is 1.42 bits per heavy atom. The third-order valence-corrected chi connectivity index (χ3v) is 3.16. The normalized spacial score (nSPS) is 18.7. The summed E-state index contributed by atoms with van der Waals surface area (Å²) in [5.41, 5.74) is 1.72. The van der Waals surface area contributed by atoms with Gasteiger partial charge in [-0.25, -0.2) is 6.08 Å². The molecule has 0 N–H and O–H groups in total. The topological polar surface area (TPSA) is 29.5 Å². The fraction of sp³-hybridized carbons (Fsp3) is 0.357. The van der Waals surface area contributed by atoms with Gasteiger partial charge in [0.1, 0.15) is 11.1 Å². The number of allylic oxidation sites excluding steroid dienone is 1. The van der Waals surface area contributed by atoms with E-state index in [1.165, 1.54) is 0 Å². The molecule has 0 fully saturated rings. The monoisotopic (exact) mass is 353 g/mol. The van der Waals surface area contributed by atoms with Crippen LogP contribution in [0.1, 0.15) is 18.9 Å². The van der Waals surface area contributed by atoms with E-state index in [-0.39, 0.29) is 38.6 Å². The first-order valence-electron chi connectivity index (χ1n) is 5.89. The minimum atomic E-state index is -0.499. The van der Waals surface area contributed by atoms with E-state index < -0.39 is 5.38 Å². The van der Waals surface area contributed by atoms with Gasteiger partial charge in [-0.15, -0.1) is 29.4 Å². The van der Waals surface area contributed by atoms with Gasteiger partial charge in [-0.3, -0.25) is 4.79 Å². The van der Waals surface area contributed by atoms with Gasteiger partial charge in [0.15, 0.2) is 0 Å². The number of ether oxygens (including phenoxy) is 1. The molecule has 0 bridgehead atoms. The Balaban J connectivity index is 0.00000180. The molecule has 1 radical (unpaired) electrons. The van der Waals surface area contributed by atoms with Crippen LogP contribution in [0.2, 0.25) is 0 Å². The third kappa shape index (κ3) is 3.81. The van der Waals surface area contributed by atoms with Crippen molar-refractivity contribution in [1.29, 1.82) is 0 Å². The summed E-state index contributed by atoms with van der Waals surface area (Å²) in [7, 11) is 1.72. The Bertz CT molecular complexity index is 473. The van der Waals surface area contributed by atoms with Gasteiger partial charge < -0.3 is 9.64 Å². The number of rotatable bonds is 3. The molecule has 1 aromatic rings. The Hall–Kier alpha value is -0.376. The van der Waals surface area contributed by atoms with Crippen LogP contribution < -0.4 is 4.74 Å². The molecule has 1 aromatic carbocycles. The molecule has 0 aromatic heterocycles. The van der Waals surface area contributed by atoms with Crippen LogP contribution in [0.15, 0.2) is 24.3 Å². The first-order chi connectivity index (χ1) is 8.63. The summed E-state index contributed by atoms with van der Waals surface area (Å²) >= 11 is 5.89. The number of carbonyl (C=O) groups is 1. The Labute approximate surface area is 143 Å². The van der Waals surface area contributed by atoms with Crippen molar-refractivity contribution < 1.29 is 42.2 Å². The molecule has 0 saturated carbocycles. The van der Waals surface area contributed by atoms with Crippen LogP contribution in [0, 0.1) is 6.08 Å². The van der Waals surface area contributed by atoms with Crippen molar-refractivity contribution in [2.24, 2.45) is 0 Å². The third-order valence-electron chi connectivity index (χ3n) is 2.82. The summed E-state index contributed by atoms with van der Waals surface area (Å²) in [4.78, 5) is 13.3. The zero-order chi connectivity index (χ0) is 13.1. The number of alkyl halides is 1. The van der Waals surface area contributed by atoms with E-state index >= 15 is 0 Å². The van der Waals surface area contributed by atoms with Gasteiger partial charge in [0.05, 0.1) is 6.61 Å². The number of amides is 1. The van der Waals surface area contributed by atoms with E-state index in [0.717, 1.165) is 17.0 Å². The van der Waals surface area contributed by atoms with Crippen LogP contribution in [-0.4, -0.2) is 29.8 Å². The SMILES string of the molecule is CCOc1ccc(C2=[C-]CC(Cl)C(=O)N2C)cc1.[Y]. The molecule has 1 heterocycles. The van der Waals surface area contributed by atoms with Crippen molar-refractivity contribution in [3.63, 3.8) is 0 Å². The number of halogens is 1. The fourth-order valence-electron chi connectivity index (χ4n) is 1.88. The Kier molecular flexibility index (Phi) is 6.51. The van der Waals surface area contributed by atoms with Crippen molar-refractivity contribution in [2.45, 2.75) is 18.7 Å². The maximum absolute atomic E-state index is 11.8. The molecule has 2 rings (SSSR count). The smallest absolute Gasteiger partial charge is 0.240 e. The van der Waals surface area contributed by atoms with Gasteiger partial charge in [-0.05, 0) is 19.1 Å². The summed E-state index contributed by atoms with van der Waals surface area (Å²) in [5, 5.41) is -0.499. The van der Waals surface area contributed by atoms with Gasteiger partial charge in [0.25, 0.3) is 0 Å². The maximum Gasteiger partial charge on any atom is 0.240 e. The van der Waals surface area contributed by atoms with Gasteiger partial charge in [0.2, 0.25) is 5.91 Å². The van der Waals surface area contributed by atoms with Gasteiger partial charge in [-0.1, -0.05) is 6.42 Å². The molecule has 1 atom stereocenters. The average Bonchev–Trinajstić information content (AvgIpc) is 2.38. The zero-order valence-corrected chi connectivity index (χ0v) is 14.6. The van der Waals surface area contributed by atoms with E-state index in [2.05, 4.69) is 6.08 Å².